The van der Waals surface area contributed by atoms with E-state index in [0.29, 0.717) is 5.56 Å². The topological polar surface area (TPSA) is 110 Å². The first-order valence-electron chi connectivity index (χ1n) is 10.7. The standard InChI is InChI=1S/C24H20BrN3O5/c25-16-9-7-13(8-10-16)19(12-20(29)26-17-3-1-2-4-18(17)28(32)33)27-23(30)21-14-5-6-15(11-14)22(21)24(27)31/h1-10,14-15,19,21-22H,11-12H2,(H,26,29). The van der Waals surface area contributed by atoms with Crippen molar-refractivity contribution < 1.29 is 19.3 Å². The minimum Gasteiger partial charge on any atom is -0.320 e. The van der Waals surface area contributed by atoms with Gasteiger partial charge in [0, 0.05) is 10.5 Å². The third kappa shape index (κ3) is 3.66. The van der Waals surface area contributed by atoms with Crippen molar-refractivity contribution in [1.29, 1.82) is 0 Å². The molecule has 2 bridgehead atoms. The van der Waals surface area contributed by atoms with Gasteiger partial charge in [0.05, 0.1) is 29.2 Å². The fraction of sp³-hybridized carbons (Fsp3) is 0.292. The van der Waals surface area contributed by atoms with Crippen LogP contribution >= 0.6 is 15.9 Å². The molecule has 33 heavy (non-hydrogen) atoms. The zero-order valence-electron chi connectivity index (χ0n) is 17.4. The monoisotopic (exact) mass is 509 g/mol. The normalized spacial score (nSPS) is 25.9. The number of hydrogen-bond donors (Lipinski definition) is 1. The number of nitro benzene ring substituents is 1. The van der Waals surface area contributed by atoms with Crippen molar-refractivity contribution in [3.63, 3.8) is 0 Å². The number of nitrogens with one attached hydrogen (secondary N) is 1. The SMILES string of the molecule is O=C(CC(c1ccc(Br)cc1)N1C(=O)C2C3C=CC(C3)C2C1=O)Nc1ccccc1[N+](=O)[O-]. The minimum atomic E-state index is -0.800. The highest BCUT2D eigenvalue weighted by Gasteiger charge is 2.60. The summed E-state index contributed by atoms with van der Waals surface area (Å²) in [7, 11) is 0. The van der Waals surface area contributed by atoms with E-state index in [9.17, 15) is 24.5 Å². The molecule has 3 amide bonds. The second kappa shape index (κ2) is 8.22. The number of hydrogen-bond acceptors (Lipinski definition) is 5. The number of amides is 3. The summed E-state index contributed by atoms with van der Waals surface area (Å²) in [5.41, 5.74) is 0.495. The first-order valence-corrected chi connectivity index (χ1v) is 11.5. The molecule has 9 heteroatoms. The number of para-hydroxylation sites is 2. The Balaban J connectivity index is 1.45. The molecule has 1 heterocycles. The van der Waals surface area contributed by atoms with E-state index in [4.69, 9.17) is 0 Å². The number of rotatable bonds is 6. The second-order valence-corrected chi connectivity index (χ2v) is 9.56. The Bertz CT molecular complexity index is 1160. The number of halogens is 1. The summed E-state index contributed by atoms with van der Waals surface area (Å²) in [6.07, 6.45) is 4.67. The van der Waals surface area contributed by atoms with E-state index in [1.807, 2.05) is 12.2 Å². The van der Waals surface area contributed by atoms with Crippen molar-refractivity contribution in [2.75, 3.05) is 5.32 Å². The van der Waals surface area contributed by atoms with Gasteiger partial charge >= 0.3 is 0 Å². The quantitative estimate of drug-likeness (QED) is 0.271. The molecule has 0 radical (unpaired) electrons. The van der Waals surface area contributed by atoms with Crippen LogP contribution in [0.4, 0.5) is 11.4 Å². The summed E-state index contributed by atoms with van der Waals surface area (Å²) in [6.45, 7) is 0. The lowest BCUT2D eigenvalue weighted by Crippen LogP contribution is -2.38. The van der Waals surface area contributed by atoms with Crippen molar-refractivity contribution in [3.05, 3.63) is 80.8 Å². The lowest BCUT2D eigenvalue weighted by atomic mass is 9.85. The van der Waals surface area contributed by atoms with Gasteiger partial charge < -0.3 is 5.32 Å². The number of likely N-dealkylation sites (tertiary alicyclic amines) is 1. The molecule has 8 nitrogen and oxygen atoms in total. The first kappa shape index (κ1) is 21.5. The Morgan fingerprint density at radius 3 is 2.27 bits per heavy atom. The Morgan fingerprint density at radius 1 is 1.06 bits per heavy atom. The fourth-order valence-corrected chi connectivity index (χ4v) is 5.66. The summed E-state index contributed by atoms with van der Waals surface area (Å²) in [5, 5.41) is 13.9. The molecule has 1 saturated carbocycles. The maximum absolute atomic E-state index is 13.4. The van der Waals surface area contributed by atoms with Crippen LogP contribution in [0.25, 0.3) is 0 Å². The number of allylic oxidation sites excluding steroid dienone is 2. The zero-order chi connectivity index (χ0) is 23.3. The molecule has 1 aliphatic heterocycles. The molecule has 2 aromatic rings. The molecule has 2 aliphatic carbocycles. The van der Waals surface area contributed by atoms with Gasteiger partial charge in [0.15, 0.2) is 0 Å². The molecule has 5 atom stereocenters. The van der Waals surface area contributed by atoms with Crippen LogP contribution in [-0.2, 0) is 14.4 Å². The molecule has 1 N–H and O–H groups in total. The Morgan fingerprint density at radius 2 is 1.67 bits per heavy atom. The number of nitrogens with zero attached hydrogens (tertiary/aromatic N) is 2. The van der Waals surface area contributed by atoms with Gasteiger partial charge in [-0.2, -0.15) is 0 Å². The van der Waals surface area contributed by atoms with Crippen LogP contribution in [0.5, 0.6) is 0 Å². The molecule has 5 rings (SSSR count). The third-order valence-corrected chi connectivity index (χ3v) is 7.35. The molecule has 1 saturated heterocycles. The number of fused-ring (bicyclic) bond motifs is 5. The van der Waals surface area contributed by atoms with Crippen LogP contribution < -0.4 is 5.32 Å². The van der Waals surface area contributed by atoms with Crippen LogP contribution in [0, 0.1) is 33.8 Å². The van der Waals surface area contributed by atoms with Gasteiger partial charge in [-0.1, -0.05) is 52.3 Å². The maximum Gasteiger partial charge on any atom is 0.292 e. The Hall–Kier alpha value is -3.33. The number of carbonyl (C=O) groups is 3. The van der Waals surface area contributed by atoms with Crippen molar-refractivity contribution in [1.82, 2.24) is 4.90 Å². The lowest BCUT2D eigenvalue weighted by molar-refractivity contribution is -0.383. The molecule has 168 valence electrons. The number of carbonyl (C=O) groups excluding carboxylic acids is 3. The van der Waals surface area contributed by atoms with Gasteiger partial charge in [-0.3, -0.25) is 29.4 Å². The van der Waals surface area contributed by atoms with E-state index in [-0.39, 0.29) is 53.3 Å². The van der Waals surface area contributed by atoms with Gasteiger partial charge in [-0.05, 0) is 42.0 Å². The molecule has 2 fully saturated rings. The van der Waals surface area contributed by atoms with Gasteiger partial charge in [0.1, 0.15) is 5.69 Å². The molecule has 0 spiro atoms. The van der Waals surface area contributed by atoms with Crippen molar-refractivity contribution >= 4 is 45.0 Å². The maximum atomic E-state index is 13.4. The van der Waals surface area contributed by atoms with E-state index in [1.54, 1.807) is 30.3 Å². The summed E-state index contributed by atoms with van der Waals surface area (Å²) in [4.78, 5) is 51.8. The van der Waals surface area contributed by atoms with Crippen molar-refractivity contribution in [2.24, 2.45) is 23.7 Å². The van der Waals surface area contributed by atoms with Gasteiger partial charge in [-0.25, -0.2) is 0 Å². The number of nitro groups is 1. The van der Waals surface area contributed by atoms with Crippen LogP contribution in [0.15, 0.2) is 65.2 Å². The van der Waals surface area contributed by atoms with E-state index in [0.717, 1.165) is 10.9 Å². The van der Waals surface area contributed by atoms with Gasteiger partial charge in [-0.15, -0.1) is 0 Å². The molecule has 5 unspecified atom stereocenters. The number of anilines is 1. The molecule has 0 aromatic heterocycles. The van der Waals surface area contributed by atoms with E-state index in [2.05, 4.69) is 21.2 Å². The van der Waals surface area contributed by atoms with Crippen LogP contribution in [0.2, 0.25) is 0 Å². The highest BCUT2D eigenvalue weighted by molar-refractivity contribution is 9.10. The summed E-state index contributed by atoms with van der Waals surface area (Å²) in [5.74, 6) is -1.62. The molecule has 2 aromatic carbocycles. The van der Waals surface area contributed by atoms with E-state index < -0.39 is 16.9 Å². The third-order valence-electron chi connectivity index (χ3n) is 6.82. The van der Waals surface area contributed by atoms with Crippen LogP contribution in [-0.4, -0.2) is 27.5 Å². The highest BCUT2D eigenvalue weighted by Crippen LogP contribution is 2.54. The Kier molecular flexibility index (Phi) is 5.36. The van der Waals surface area contributed by atoms with Crippen LogP contribution in [0.1, 0.15) is 24.4 Å². The van der Waals surface area contributed by atoms with Crippen molar-refractivity contribution in [2.45, 2.75) is 18.9 Å². The van der Waals surface area contributed by atoms with Gasteiger partial charge in [0.2, 0.25) is 17.7 Å². The smallest absolute Gasteiger partial charge is 0.292 e. The molecule has 3 aliphatic rings. The minimum absolute atomic E-state index is 0.0628. The number of benzene rings is 2. The van der Waals surface area contributed by atoms with Crippen LogP contribution in [0.3, 0.4) is 0 Å². The Labute approximate surface area is 197 Å². The van der Waals surface area contributed by atoms with E-state index >= 15 is 0 Å². The number of imide groups is 1. The highest BCUT2D eigenvalue weighted by atomic mass is 79.9. The average molecular weight is 510 g/mol. The average Bonchev–Trinajstić information content (AvgIpc) is 3.47. The summed E-state index contributed by atoms with van der Waals surface area (Å²) >= 11 is 3.38. The second-order valence-electron chi connectivity index (χ2n) is 8.64. The molecular weight excluding hydrogens is 490 g/mol. The first-order chi connectivity index (χ1) is 15.8. The predicted octanol–water partition coefficient (Wildman–Crippen LogP) is 4.23. The summed E-state index contributed by atoms with van der Waals surface area (Å²) in [6, 6.07) is 12.2. The largest absolute Gasteiger partial charge is 0.320 e. The molecular formula is C24H20BrN3O5. The van der Waals surface area contributed by atoms with Crippen molar-refractivity contribution in [3.8, 4) is 0 Å². The summed E-state index contributed by atoms with van der Waals surface area (Å²) < 4.78 is 0.826. The predicted molar refractivity (Wildman–Crippen MR) is 123 cm³/mol. The zero-order valence-corrected chi connectivity index (χ0v) is 19.0. The van der Waals surface area contributed by atoms with E-state index in [1.165, 1.54) is 23.1 Å². The van der Waals surface area contributed by atoms with Gasteiger partial charge in [0.25, 0.3) is 5.69 Å². The fourth-order valence-electron chi connectivity index (χ4n) is 5.39. The lowest BCUT2D eigenvalue weighted by Gasteiger charge is -2.28.